The molecule has 2 N–H and O–H groups in total. The van der Waals surface area contributed by atoms with Gasteiger partial charge in [0, 0.05) is 5.56 Å². The Morgan fingerprint density at radius 3 is 2.60 bits per heavy atom. The summed E-state index contributed by atoms with van der Waals surface area (Å²) < 4.78 is 6.70. The van der Waals surface area contributed by atoms with Crippen LogP contribution in [0.4, 0.5) is 5.82 Å². The second-order valence-electron chi connectivity index (χ2n) is 4.61. The Morgan fingerprint density at radius 2 is 2.10 bits per heavy atom. The first kappa shape index (κ1) is 13.9. The van der Waals surface area contributed by atoms with Crippen LogP contribution in [0.15, 0.2) is 36.4 Å². The average molecular weight is 271 g/mol. The van der Waals surface area contributed by atoms with Gasteiger partial charge in [-0.2, -0.15) is 5.10 Å². The molecule has 0 aliphatic rings. The predicted octanol–water partition coefficient (Wildman–Crippen LogP) is 2.53. The largest absolute Gasteiger partial charge is 0.497 e. The lowest BCUT2D eigenvalue weighted by Crippen LogP contribution is -2.05. The molecule has 0 bridgehead atoms. The minimum Gasteiger partial charge on any atom is -0.497 e. The Balaban J connectivity index is 2.49. The lowest BCUT2D eigenvalue weighted by molar-refractivity contribution is 0.112. The van der Waals surface area contributed by atoms with Crippen LogP contribution in [0, 0.1) is 0 Å². The molecule has 0 saturated heterocycles. The Morgan fingerprint density at radius 1 is 1.45 bits per heavy atom. The first-order chi connectivity index (χ1) is 9.56. The minimum atomic E-state index is 0.355. The summed E-state index contributed by atoms with van der Waals surface area (Å²) >= 11 is 0. The smallest absolute Gasteiger partial charge is 0.156 e. The predicted molar refractivity (Wildman–Crippen MR) is 78.8 cm³/mol. The molecule has 104 valence electrons. The summed E-state index contributed by atoms with van der Waals surface area (Å²) in [7, 11) is 1.60. The van der Waals surface area contributed by atoms with E-state index in [4.69, 9.17) is 10.5 Å². The van der Waals surface area contributed by atoms with E-state index in [2.05, 4.69) is 11.7 Å². The number of nitrogens with zero attached hydrogens (tertiary/aromatic N) is 2. The highest BCUT2D eigenvalue weighted by Crippen LogP contribution is 2.27. The van der Waals surface area contributed by atoms with Crippen molar-refractivity contribution in [1.82, 2.24) is 9.78 Å². The number of hydrogen-bond acceptors (Lipinski definition) is 4. The molecule has 0 fully saturated rings. The van der Waals surface area contributed by atoms with Gasteiger partial charge < -0.3 is 10.5 Å². The zero-order valence-electron chi connectivity index (χ0n) is 11.6. The quantitative estimate of drug-likeness (QED) is 0.670. The average Bonchev–Trinajstić information content (AvgIpc) is 2.75. The fourth-order valence-electron chi connectivity index (χ4n) is 1.94. The van der Waals surface area contributed by atoms with Crippen molar-refractivity contribution in [2.24, 2.45) is 0 Å². The number of carbonyl (C=O) groups is 1. The third kappa shape index (κ3) is 2.56. The van der Waals surface area contributed by atoms with Crippen molar-refractivity contribution in [1.29, 1.82) is 0 Å². The second-order valence-corrected chi connectivity index (χ2v) is 4.61. The van der Waals surface area contributed by atoms with Crippen molar-refractivity contribution in [3.8, 4) is 17.0 Å². The number of rotatable bonds is 5. The maximum Gasteiger partial charge on any atom is 0.156 e. The van der Waals surface area contributed by atoms with E-state index in [1.807, 2.05) is 31.2 Å². The van der Waals surface area contributed by atoms with Gasteiger partial charge in [0.25, 0.3) is 0 Å². The lowest BCUT2D eigenvalue weighted by atomic mass is 10.1. The van der Waals surface area contributed by atoms with Crippen LogP contribution in [-0.2, 0) is 6.54 Å². The van der Waals surface area contributed by atoms with Crippen molar-refractivity contribution in [2.45, 2.75) is 13.5 Å². The van der Waals surface area contributed by atoms with E-state index in [9.17, 15) is 4.79 Å². The third-order valence-corrected chi connectivity index (χ3v) is 2.93. The van der Waals surface area contributed by atoms with Crippen LogP contribution in [0.3, 0.4) is 0 Å². The Bertz CT molecular complexity index is 642. The number of anilines is 1. The number of methoxy groups -OCH3 is 1. The summed E-state index contributed by atoms with van der Waals surface area (Å²) in [5.74, 6) is 1.10. The first-order valence-electron chi connectivity index (χ1n) is 6.17. The highest BCUT2D eigenvalue weighted by molar-refractivity contribution is 5.91. The molecule has 2 rings (SSSR count). The molecule has 0 aliphatic heterocycles. The summed E-state index contributed by atoms with van der Waals surface area (Å²) in [6, 6.07) is 7.33. The van der Waals surface area contributed by atoms with Gasteiger partial charge in [-0.3, -0.25) is 4.79 Å². The molecule has 0 aliphatic carbocycles. The number of nitrogens with two attached hydrogens (primary N) is 1. The molecule has 2 aromatic rings. The van der Waals surface area contributed by atoms with Crippen LogP contribution in [0.1, 0.15) is 17.3 Å². The van der Waals surface area contributed by atoms with Gasteiger partial charge in [0.2, 0.25) is 0 Å². The van der Waals surface area contributed by atoms with Crippen LogP contribution >= 0.6 is 0 Å². The van der Waals surface area contributed by atoms with Gasteiger partial charge in [0.05, 0.1) is 19.2 Å². The molecular formula is C15H17N3O2. The summed E-state index contributed by atoms with van der Waals surface area (Å²) in [5.41, 5.74) is 8.66. The number of hydrogen-bond donors (Lipinski definition) is 1. The molecule has 1 heterocycles. The van der Waals surface area contributed by atoms with Crippen molar-refractivity contribution in [3.05, 3.63) is 42.0 Å². The summed E-state index contributed by atoms with van der Waals surface area (Å²) in [4.78, 5) is 11.3. The topological polar surface area (TPSA) is 70.1 Å². The fourth-order valence-corrected chi connectivity index (χ4v) is 1.94. The van der Waals surface area contributed by atoms with Gasteiger partial charge in [-0.1, -0.05) is 12.2 Å². The molecule has 0 atom stereocenters. The molecule has 1 aromatic carbocycles. The Kier molecular flexibility index (Phi) is 3.89. The summed E-state index contributed by atoms with van der Waals surface area (Å²) in [5, 5.41) is 4.41. The van der Waals surface area contributed by atoms with Crippen LogP contribution in [0.25, 0.3) is 11.3 Å². The zero-order chi connectivity index (χ0) is 14.7. The molecule has 0 radical (unpaired) electrons. The van der Waals surface area contributed by atoms with Gasteiger partial charge in [-0.15, -0.1) is 0 Å². The van der Waals surface area contributed by atoms with Crippen LogP contribution in [0.5, 0.6) is 5.75 Å². The van der Waals surface area contributed by atoms with Crippen molar-refractivity contribution >= 4 is 12.1 Å². The highest BCUT2D eigenvalue weighted by atomic mass is 16.5. The van der Waals surface area contributed by atoms with E-state index in [0.29, 0.717) is 23.6 Å². The normalized spacial score (nSPS) is 10.3. The number of nitrogen functional groups attached to an aromatic ring is 1. The monoisotopic (exact) mass is 271 g/mol. The van der Waals surface area contributed by atoms with E-state index < -0.39 is 0 Å². The fraction of sp³-hybridized carbons (Fsp3) is 0.200. The molecule has 1 aromatic heterocycles. The van der Waals surface area contributed by atoms with E-state index in [0.717, 1.165) is 23.2 Å². The molecule has 5 nitrogen and oxygen atoms in total. The number of ether oxygens (including phenoxy) is 1. The lowest BCUT2D eigenvalue weighted by Gasteiger charge is -2.02. The van der Waals surface area contributed by atoms with Gasteiger partial charge in [0.15, 0.2) is 6.29 Å². The van der Waals surface area contributed by atoms with Crippen molar-refractivity contribution in [3.63, 3.8) is 0 Å². The molecule has 20 heavy (non-hydrogen) atoms. The number of carbonyl (C=O) groups excluding carboxylic acids is 1. The van der Waals surface area contributed by atoms with Crippen molar-refractivity contribution in [2.75, 3.05) is 12.8 Å². The van der Waals surface area contributed by atoms with Crippen molar-refractivity contribution < 1.29 is 9.53 Å². The minimum absolute atomic E-state index is 0.355. The Hall–Kier alpha value is -2.56. The van der Waals surface area contributed by atoms with Gasteiger partial charge in [-0.25, -0.2) is 4.68 Å². The van der Waals surface area contributed by atoms with Gasteiger partial charge in [-0.05, 0) is 31.2 Å². The first-order valence-corrected chi connectivity index (χ1v) is 6.17. The summed E-state index contributed by atoms with van der Waals surface area (Å²) in [6.45, 7) is 6.20. The maximum atomic E-state index is 11.3. The molecule has 5 heteroatoms. The van der Waals surface area contributed by atoms with E-state index in [1.54, 1.807) is 11.8 Å². The number of benzene rings is 1. The molecule has 0 saturated carbocycles. The molecule has 0 amide bonds. The highest BCUT2D eigenvalue weighted by Gasteiger charge is 2.16. The number of aromatic nitrogens is 2. The number of allylic oxidation sites excluding steroid dienone is 1. The van der Waals surface area contributed by atoms with Crippen LogP contribution in [-0.4, -0.2) is 23.2 Å². The number of aldehydes is 1. The third-order valence-electron chi connectivity index (χ3n) is 2.93. The van der Waals surface area contributed by atoms with E-state index in [1.165, 1.54) is 0 Å². The van der Waals surface area contributed by atoms with E-state index >= 15 is 0 Å². The molecular weight excluding hydrogens is 254 g/mol. The van der Waals surface area contributed by atoms with Crippen LogP contribution in [0.2, 0.25) is 0 Å². The van der Waals surface area contributed by atoms with Crippen LogP contribution < -0.4 is 10.5 Å². The van der Waals surface area contributed by atoms with Gasteiger partial charge in [0.1, 0.15) is 17.3 Å². The summed E-state index contributed by atoms with van der Waals surface area (Å²) in [6.07, 6.45) is 0.733. The SMILES string of the molecule is C=C(C)Cn1nc(-c2ccc(OC)cc2)c(C=O)c1N. The molecule has 0 spiro atoms. The Labute approximate surface area is 117 Å². The molecule has 0 unspecified atom stereocenters. The van der Waals surface area contributed by atoms with Gasteiger partial charge >= 0.3 is 0 Å². The standard InChI is InChI=1S/C15H17N3O2/c1-10(2)8-18-15(16)13(9-19)14(17-18)11-4-6-12(20-3)7-5-11/h4-7,9H,1,8,16H2,2-3H3. The van der Waals surface area contributed by atoms with E-state index in [-0.39, 0.29) is 0 Å². The second kappa shape index (κ2) is 5.61. The maximum absolute atomic E-state index is 11.3. The zero-order valence-corrected chi connectivity index (χ0v) is 11.6.